The van der Waals surface area contributed by atoms with Gasteiger partial charge >= 0.3 is 0 Å². The van der Waals surface area contributed by atoms with E-state index in [1.54, 1.807) is 13.0 Å². The summed E-state index contributed by atoms with van der Waals surface area (Å²) in [6.45, 7) is 7.49. The number of nitrogens with one attached hydrogen (secondary N) is 2. The van der Waals surface area contributed by atoms with Crippen molar-refractivity contribution in [2.24, 2.45) is 0 Å². The topological polar surface area (TPSA) is 41.1 Å². The number of amides is 1. The van der Waals surface area contributed by atoms with Crippen LogP contribution in [0.25, 0.3) is 0 Å². The van der Waals surface area contributed by atoms with Crippen LogP contribution in [0.5, 0.6) is 0 Å². The summed E-state index contributed by atoms with van der Waals surface area (Å²) in [7, 11) is 0. The van der Waals surface area contributed by atoms with Crippen LogP contribution in [0.1, 0.15) is 39.3 Å². The maximum Gasteiger partial charge on any atom is 0.237 e. The van der Waals surface area contributed by atoms with Gasteiger partial charge in [0.1, 0.15) is 5.82 Å². The molecule has 0 saturated heterocycles. The van der Waals surface area contributed by atoms with E-state index in [4.69, 9.17) is 11.6 Å². The second-order valence-corrected chi connectivity index (χ2v) is 5.35. The molecule has 2 atom stereocenters. The Labute approximate surface area is 118 Å². The monoisotopic (exact) mass is 286 g/mol. The Kier molecular flexibility index (Phi) is 5.76. The van der Waals surface area contributed by atoms with E-state index in [0.717, 1.165) is 5.56 Å². The third-order valence-electron chi connectivity index (χ3n) is 2.75. The van der Waals surface area contributed by atoms with Crippen LogP contribution in [-0.2, 0) is 4.79 Å². The summed E-state index contributed by atoms with van der Waals surface area (Å²) in [6.07, 6.45) is 0. The number of hydrogen-bond donors (Lipinski definition) is 2. The molecule has 0 aromatic heterocycles. The van der Waals surface area contributed by atoms with Gasteiger partial charge < -0.3 is 5.32 Å². The molecule has 5 heteroatoms. The highest BCUT2D eigenvalue weighted by atomic mass is 35.5. The third kappa shape index (κ3) is 4.80. The van der Waals surface area contributed by atoms with E-state index < -0.39 is 0 Å². The molecule has 0 saturated carbocycles. The molecule has 2 unspecified atom stereocenters. The van der Waals surface area contributed by atoms with Crippen molar-refractivity contribution in [3.8, 4) is 0 Å². The Balaban J connectivity index is 2.68. The molecule has 0 aliphatic heterocycles. The molecule has 19 heavy (non-hydrogen) atoms. The smallest absolute Gasteiger partial charge is 0.237 e. The zero-order valence-corrected chi connectivity index (χ0v) is 12.4. The summed E-state index contributed by atoms with van der Waals surface area (Å²) >= 11 is 5.99. The second-order valence-electron chi connectivity index (χ2n) is 4.94. The molecule has 0 aliphatic rings. The predicted octanol–water partition coefficient (Wildman–Crippen LogP) is 3.04. The summed E-state index contributed by atoms with van der Waals surface area (Å²) in [5.74, 6) is -0.438. The quantitative estimate of drug-likeness (QED) is 0.873. The summed E-state index contributed by atoms with van der Waals surface area (Å²) < 4.78 is 13.0. The lowest BCUT2D eigenvalue weighted by molar-refractivity contribution is -0.123. The molecule has 106 valence electrons. The van der Waals surface area contributed by atoms with E-state index in [2.05, 4.69) is 10.6 Å². The van der Waals surface area contributed by atoms with Crippen molar-refractivity contribution >= 4 is 17.5 Å². The molecule has 0 fully saturated rings. The first kappa shape index (κ1) is 15.9. The van der Waals surface area contributed by atoms with Crippen LogP contribution in [0, 0.1) is 5.82 Å². The first-order valence-electron chi connectivity index (χ1n) is 6.32. The minimum Gasteiger partial charge on any atom is -0.353 e. The largest absolute Gasteiger partial charge is 0.353 e. The lowest BCUT2D eigenvalue weighted by atomic mass is 10.1. The molecular formula is C14H20ClFN2O. The summed E-state index contributed by atoms with van der Waals surface area (Å²) in [4.78, 5) is 11.8. The number of benzene rings is 1. The maximum atomic E-state index is 13.0. The van der Waals surface area contributed by atoms with Crippen LogP contribution in [0.4, 0.5) is 4.39 Å². The second kappa shape index (κ2) is 6.87. The van der Waals surface area contributed by atoms with Crippen molar-refractivity contribution in [1.82, 2.24) is 10.6 Å². The summed E-state index contributed by atoms with van der Waals surface area (Å²) in [6, 6.07) is 3.87. The van der Waals surface area contributed by atoms with Gasteiger partial charge in [0, 0.05) is 17.1 Å². The Morgan fingerprint density at radius 1 is 1.26 bits per heavy atom. The molecule has 2 N–H and O–H groups in total. The van der Waals surface area contributed by atoms with Crippen molar-refractivity contribution in [2.75, 3.05) is 0 Å². The molecule has 0 bridgehead atoms. The molecule has 0 heterocycles. The minimum absolute atomic E-state index is 0.0694. The maximum absolute atomic E-state index is 13.0. The first-order chi connectivity index (χ1) is 8.81. The van der Waals surface area contributed by atoms with Gasteiger partial charge in [-0.2, -0.15) is 0 Å². The molecule has 0 spiro atoms. The van der Waals surface area contributed by atoms with E-state index in [1.807, 2.05) is 20.8 Å². The highest BCUT2D eigenvalue weighted by molar-refractivity contribution is 6.31. The fourth-order valence-corrected chi connectivity index (χ4v) is 2.13. The Morgan fingerprint density at radius 2 is 1.89 bits per heavy atom. The van der Waals surface area contributed by atoms with E-state index in [-0.39, 0.29) is 29.8 Å². The van der Waals surface area contributed by atoms with Gasteiger partial charge in [0.2, 0.25) is 5.91 Å². The van der Waals surface area contributed by atoms with Gasteiger partial charge in [0.25, 0.3) is 0 Å². The fraction of sp³-hybridized carbons (Fsp3) is 0.500. The summed E-state index contributed by atoms with van der Waals surface area (Å²) in [5, 5.41) is 6.33. The minimum atomic E-state index is -0.369. The van der Waals surface area contributed by atoms with E-state index >= 15 is 0 Å². The van der Waals surface area contributed by atoms with E-state index in [1.165, 1.54) is 12.1 Å². The Morgan fingerprint density at radius 3 is 2.42 bits per heavy atom. The summed E-state index contributed by atoms with van der Waals surface area (Å²) in [5.41, 5.74) is 0.771. The van der Waals surface area contributed by atoms with Gasteiger partial charge in [-0.25, -0.2) is 4.39 Å². The van der Waals surface area contributed by atoms with Crippen LogP contribution in [0.3, 0.4) is 0 Å². The Hall–Kier alpha value is -1.13. The van der Waals surface area contributed by atoms with Gasteiger partial charge in [-0.1, -0.05) is 17.7 Å². The van der Waals surface area contributed by atoms with Crippen molar-refractivity contribution in [2.45, 2.75) is 45.8 Å². The zero-order chi connectivity index (χ0) is 14.6. The number of carbonyl (C=O) groups excluding carboxylic acids is 1. The lowest BCUT2D eigenvalue weighted by Crippen LogP contribution is -2.45. The number of hydrogen-bond acceptors (Lipinski definition) is 2. The number of carbonyl (C=O) groups is 1. The van der Waals surface area contributed by atoms with Gasteiger partial charge in [0.15, 0.2) is 0 Å². The normalized spacial score (nSPS) is 14.3. The van der Waals surface area contributed by atoms with Crippen molar-refractivity contribution in [1.29, 1.82) is 0 Å². The molecule has 3 nitrogen and oxygen atoms in total. The molecular weight excluding hydrogens is 267 g/mol. The van der Waals surface area contributed by atoms with Crippen molar-refractivity contribution in [3.63, 3.8) is 0 Å². The molecule has 1 rings (SSSR count). The van der Waals surface area contributed by atoms with Crippen LogP contribution in [0.2, 0.25) is 5.02 Å². The number of halogens is 2. The fourth-order valence-electron chi connectivity index (χ4n) is 1.80. The van der Waals surface area contributed by atoms with Crippen LogP contribution < -0.4 is 10.6 Å². The molecule has 1 amide bonds. The molecule has 0 radical (unpaired) electrons. The van der Waals surface area contributed by atoms with Gasteiger partial charge in [-0.15, -0.1) is 0 Å². The average molecular weight is 287 g/mol. The van der Waals surface area contributed by atoms with Gasteiger partial charge in [0.05, 0.1) is 6.04 Å². The van der Waals surface area contributed by atoms with Gasteiger partial charge in [-0.05, 0) is 45.4 Å². The standard InChI is InChI=1S/C14H20ClFN2O/c1-8(2)17-14(19)10(4)18-9(3)12-6-5-11(16)7-13(12)15/h5-10,18H,1-4H3,(H,17,19). The third-order valence-corrected chi connectivity index (χ3v) is 3.08. The van der Waals surface area contributed by atoms with E-state index in [0.29, 0.717) is 5.02 Å². The van der Waals surface area contributed by atoms with Crippen LogP contribution in [0.15, 0.2) is 18.2 Å². The van der Waals surface area contributed by atoms with Crippen molar-refractivity contribution in [3.05, 3.63) is 34.6 Å². The lowest BCUT2D eigenvalue weighted by Gasteiger charge is -2.21. The average Bonchev–Trinajstić information content (AvgIpc) is 2.27. The Bertz CT molecular complexity index is 451. The van der Waals surface area contributed by atoms with E-state index in [9.17, 15) is 9.18 Å². The molecule has 1 aromatic rings. The van der Waals surface area contributed by atoms with Crippen LogP contribution >= 0.6 is 11.6 Å². The number of rotatable bonds is 5. The highest BCUT2D eigenvalue weighted by Gasteiger charge is 2.18. The molecule has 1 aromatic carbocycles. The highest BCUT2D eigenvalue weighted by Crippen LogP contribution is 2.23. The van der Waals surface area contributed by atoms with Gasteiger partial charge in [-0.3, -0.25) is 10.1 Å². The molecule has 0 aliphatic carbocycles. The predicted molar refractivity (Wildman–Crippen MR) is 75.7 cm³/mol. The van der Waals surface area contributed by atoms with Crippen molar-refractivity contribution < 1.29 is 9.18 Å². The first-order valence-corrected chi connectivity index (χ1v) is 6.70. The SMILES string of the molecule is CC(C)NC(=O)C(C)NC(C)c1ccc(F)cc1Cl. The van der Waals surface area contributed by atoms with Crippen LogP contribution in [-0.4, -0.2) is 18.0 Å². The zero-order valence-electron chi connectivity index (χ0n) is 11.6.